The second kappa shape index (κ2) is 13.2. The van der Waals surface area contributed by atoms with E-state index < -0.39 is 6.04 Å². The number of halogens is 2. The lowest BCUT2D eigenvalue weighted by Crippen LogP contribution is -2.50. The topological polar surface area (TPSA) is 77.1 Å². The van der Waals surface area contributed by atoms with E-state index in [-0.39, 0.29) is 25.0 Å². The minimum absolute atomic E-state index is 0.0696. The fraction of sp³-hybridized carbons (Fsp3) is 0.417. The summed E-state index contributed by atoms with van der Waals surface area (Å²) in [6, 6.07) is 9.41. The van der Waals surface area contributed by atoms with Gasteiger partial charge in [-0.25, -0.2) is 0 Å². The molecule has 0 spiro atoms. The zero-order chi connectivity index (χ0) is 24.4. The number of carbonyl (C=O) groups is 2. The lowest BCUT2D eigenvalue weighted by Gasteiger charge is -2.31. The van der Waals surface area contributed by atoms with Crippen molar-refractivity contribution in [1.82, 2.24) is 10.2 Å². The fourth-order valence-corrected chi connectivity index (χ4v) is 3.75. The average Bonchev–Trinajstić information content (AvgIpc) is 2.82. The molecule has 33 heavy (non-hydrogen) atoms. The highest BCUT2D eigenvalue weighted by Gasteiger charge is 2.30. The smallest absolute Gasteiger partial charge is 0.261 e. The molecule has 0 heterocycles. The molecule has 0 saturated heterocycles. The molecule has 0 fully saturated rings. The molecule has 0 saturated carbocycles. The Labute approximate surface area is 204 Å². The van der Waals surface area contributed by atoms with Crippen molar-refractivity contribution in [1.29, 1.82) is 0 Å². The van der Waals surface area contributed by atoms with Crippen LogP contribution >= 0.6 is 23.2 Å². The van der Waals surface area contributed by atoms with Crippen LogP contribution in [-0.2, 0) is 16.1 Å². The van der Waals surface area contributed by atoms with Gasteiger partial charge in [0.25, 0.3) is 5.91 Å². The molecule has 1 N–H and O–H groups in total. The van der Waals surface area contributed by atoms with Crippen LogP contribution in [0.15, 0.2) is 36.4 Å². The standard InChI is InChI=1S/C24H30Cl2N2O5/c1-5-10-27-24(30)22(6-2)28(14-19-20(25)8-7-9-21(19)26)23(29)15-33-18-12-16(31-3)11-17(13-18)32-4/h7-9,11-13,22H,5-6,10,14-15H2,1-4H3,(H,27,30)/t22-/m0/s1. The summed E-state index contributed by atoms with van der Waals surface area (Å²) < 4.78 is 16.2. The molecule has 2 aromatic rings. The maximum atomic E-state index is 13.3. The Morgan fingerprint density at radius 3 is 2.09 bits per heavy atom. The van der Waals surface area contributed by atoms with Crippen LogP contribution in [0.4, 0.5) is 0 Å². The van der Waals surface area contributed by atoms with Crippen LogP contribution < -0.4 is 19.5 Å². The van der Waals surface area contributed by atoms with E-state index in [1.165, 1.54) is 19.1 Å². The van der Waals surface area contributed by atoms with Crippen LogP contribution in [0.2, 0.25) is 10.0 Å². The van der Waals surface area contributed by atoms with Gasteiger partial charge in [0.15, 0.2) is 6.61 Å². The SMILES string of the molecule is CCCNC(=O)[C@H](CC)N(Cc1c(Cl)cccc1Cl)C(=O)COc1cc(OC)cc(OC)c1. The number of hydrogen-bond donors (Lipinski definition) is 1. The summed E-state index contributed by atoms with van der Waals surface area (Å²) in [6.07, 6.45) is 1.20. The molecule has 180 valence electrons. The van der Waals surface area contributed by atoms with Gasteiger partial charge in [0.05, 0.1) is 14.2 Å². The third kappa shape index (κ3) is 7.44. The van der Waals surface area contributed by atoms with Crippen molar-refractivity contribution in [2.75, 3.05) is 27.4 Å². The Hall–Kier alpha value is -2.64. The largest absolute Gasteiger partial charge is 0.496 e. The minimum atomic E-state index is -0.708. The zero-order valence-corrected chi connectivity index (χ0v) is 20.8. The third-order valence-corrected chi connectivity index (χ3v) is 5.72. The molecular formula is C24H30Cl2N2O5. The van der Waals surface area contributed by atoms with Gasteiger partial charge in [0, 0.05) is 46.9 Å². The number of benzene rings is 2. The number of ether oxygens (including phenoxy) is 3. The highest BCUT2D eigenvalue weighted by atomic mass is 35.5. The summed E-state index contributed by atoms with van der Waals surface area (Å²) in [7, 11) is 3.05. The molecule has 2 amide bonds. The Balaban J connectivity index is 2.29. The van der Waals surface area contributed by atoms with E-state index in [4.69, 9.17) is 37.4 Å². The summed E-state index contributed by atoms with van der Waals surface area (Å²) >= 11 is 12.7. The van der Waals surface area contributed by atoms with Crippen LogP contribution in [0, 0.1) is 0 Å². The molecule has 0 aliphatic heterocycles. The van der Waals surface area contributed by atoms with Crippen LogP contribution in [0.25, 0.3) is 0 Å². The molecule has 0 unspecified atom stereocenters. The number of rotatable bonds is 12. The number of nitrogens with one attached hydrogen (secondary N) is 1. The lowest BCUT2D eigenvalue weighted by molar-refractivity contribution is -0.143. The zero-order valence-electron chi connectivity index (χ0n) is 19.3. The quantitative estimate of drug-likeness (QED) is 0.459. The van der Waals surface area contributed by atoms with E-state index in [1.807, 2.05) is 13.8 Å². The maximum absolute atomic E-state index is 13.3. The van der Waals surface area contributed by atoms with Crippen molar-refractivity contribution in [3.63, 3.8) is 0 Å². The van der Waals surface area contributed by atoms with E-state index >= 15 is 0 Å². The van der Waals surface area contributed by atoms with E-state index in [1.54, 1.807) is 36.4 Å². The Morgan fingerprint density at radius 2 is 1.58 bits per heavy atom. The van der Waals surface area contributed by atoms with E-state index in [2.05, 4.69) is 5.32 Å². The highest BCUT2D eigenvalue weighted by molar-refractivity contribution is 6.36. The first-order valence-corrected chi connectivity index (χ1v) is 11.5. The molecule has 0 bridgehead atoms. The molecule has 0 aliphatic carbocycles. The van der Waals surface area contributed by atoms with Crippen LogP contribution in [0.1, 0.15) is 32.3 Å². The van der Waals surface area contributed by atoms with Gasteiger partial charge in [-0.15, -0.1) is 0 Å². The second-order valence-electron chi connectivity index (χ2n) is 7.27. The minimum Gasteiger partial charge on any atom is -0.496 e. The summed E-state index contributed by atoms with van der Waals surface area (Å²) in [6.45, 7) is 4.10. The second-order valence-corrected chi connectivity index (χ2v) is 8.09. The third-order valence-electron chi connectivity index (χ3n) is 5.01. The molecule has 7 nitrogen and oxygen atoms in total. The van der Waals surface area contributed by atoms with E-state index in [0.717, 1.165) is 6.42 Å². The number of hydrogen-bond acceptors (Lipinski definition) is 5. The number of carbonyl (C=O) groups excluding carboxylic acids is 2. The Bertz CT molecular complexity index is 912. The van der Waals surface area contributed by atoms with Crippen molar-refractivity contribution in [2.24, 2.45) is 0 Å². The van der Waals surface area contributed by atoms with Crippen molar-refractivity contribution in [3.05, 3.63) is 52.0 Å². The van der Waals surface area contributed by atoms with Gasteiger partial charge in [-0.2, -0.15) is 0 Å². The monoisotopic (exact) mass is 496 g/mol. The van der Waals surface area contributed by atoms with Gasteiger partial charge in [-0.1, -0.05) is 43.1 Å². The highest BCUT2D eigenvalue weighted by Crippen LogP contribution is 2.29. The van der Waals surface area contributed by atoms with Crippen LogP contribution in [0.3, 0.4) is 0 Å². The lowest BCUT2D eigenvalue weighted by atomic mass is 10.1. The van der Waals surface area contributed by atoms with Crippen molar-refractivity contribution >= 4 is 35.0 Å². The molecular weight excluding hydrogens is 467 g/mol. The van der Waals surface area contributed by atoms with E-state index in [0.29, 0.717) is 45.8 Å². The first kappa shape index (κ1) is 26.6. The molecule has 2 rings (SSSR count). The van der Waals surface area contributed by atoms with Crippen molar-refractivity contribution < 1.29 is 23.8 Å². The Morgan fingerprint density at radius 1 is 1.00 bits per heavy atom. The maximum Gasteiger partial charge on any atom is 0.261 e. The molecule has 2 aromatic carbocycles. The summed E-state index contributed by atoms with van der Waals surface area (Å²) in [4.78, 5) is 27.6. The number of nitrogens with zero attached hydrogens (tertiary/aromatic N) is 1. The van der Waals surface area contributed by atoms with Crippen LogP contribution in [0.5, 0.6) is 17.2 Å². The predicted octanol–water partition coefficient (Wildman–Crippen LogP) is 4.72. The number of amides is 2. The molecule has 0 aliphatic rings. The van der Waals surface area contributed by atoms with Crippen LogP contribution in [-0.4, -0.2) is 50.1 Å². The van der Waals surface area contributed by atoms with Gasteiger partial charge < -0.3 is 24.4 Å². The molecule has 9 heteroatoms. The molecule has 0 radical (unpaired) electrons. The summed E-state index contributed by atoms with van der Waals surface area (Å²) in [5.41, 5.74) is 0.568. The van der Waals surface area contributed by atoms with Gasteiger partial charge in [-0.05, 0) is 25.0 Å². The average molecular weight is 497 g/mol. The van der Waals surface area contributed by atoms with Gasteiger partial charge >= 0.3 is 0 Å². The van der Waals surface area contributed by atoms with E-state index in [9.17, 15) is 9.59 Å². The molecule has 0 aromatic heterocycles. The fourth-order valence-electron chi connectivity index (χ4n) is 3.23. The van der Waals surface area contributed by atoms with Crippen molar-refractivity contribution in [2.45, 2.75) is 39.3 Å². The Kier molecular flexibility index (Phi) is 10.6. The number of methoxy groups -OCH3 is 2. The normalized spacial score (nSPS) is 11.5. The summed E-state index contributed by atoms with van der Waals surface area (Å²) in [5, 5.41) is 3.70. The van der Waals surface area contributed by atoms with Gasteiger partial charge in [0.2, 0.25) is 5.91 Å². The van der Waals surface area contributed by atoms with Gasteiger partial charge in [-0.3, -0.25) is 9.59 Å². The first-order valence-electron chi connectivity index (χ1n) is 10.7. The predicted molar refractivity (Wildman–Crippen MR) is 129 cm³/mol. The first-order chi connectivity index (χ1) is 15.8. The van der Waals surface area contributed by atoms with Crippen molar-refractivity contribution in [3.8, 4) is 17.2 Å². The molecule has 1 atom stereocenters. The summed E-state index contributed by atoms with van der Waals surface area (Å²) in [5.74, 6) is 0.840. The van der Waals surface area contributed by atoms with Gasteiger partial charge in [0.1, 0.15) is 23.3 Å².